The first-order chi connectivity index (χ1) is 10.9. The summed E-state index contributed by atoms with van der Waals surface area (Å²) in [6.45, 7) is 4.60. The fourth-order valence-corrected chi connectivity index (χ4v) is 3.33. The lowest BCUT2D eigenvalue weighted by Crippen LogP contribution is -1.84. The Bertz CT molecular complexity index is 159. The van der Waals surface area contributed by atoms with Crippen LogP contribution in [0.5, 0.6) is 0 Å². The Balaban J connectivity index is 0. The van der Waals surface area contributed by atoms with Gasteiger partial charge >= 0.3 is 0 Å². The van der Waals surface area contributed by atoms with E-state index in [9.17, 15) is 0 Å². The van der Waals surface area contributed by atoms with E-state index in [4.69, 9.17) is 0 Å². The van der Waals surface area contributed by atoms with Gasteiger partial charge in [-0.3, -0.25) is 0 Å². The van der Waals surface area contributed by atoms with Gasteiger partial charge in [-0.1, -0.05) is 142 Å². The second kappa shape index (κ2) is 24.8. The molecule has 0 unspecified atom stereocenters. The molecule has 0 saturated heterocycles. The molecule has 0 heterocycles. The Hall–Kier alpha value is 0.532. The summed E-state index contributed by atoms with van der Waals surface area (Å²) in [6, 6.07) is 0. The molecule has 0 radical (unpaired) electrons. The van der Waals surface area contributed by atoms with Gasteiger partial charge in [0.05, 0.1) is 0 Å². The minimum absolute atomic E-state index is 0. The van der Waals surface area contributed by atoms with E-state index in [2.05, 4.69) is 13.8 Å². The van der Waals surface area contributed by atoms with Crippen LogP contribution in [0, 0.1) is 0 Å². The molecule has 0 aliphatic rings. The third-order valence-corrected chi connectivity index (χ3v) is 4.96. The van der Waals surface area contributed by atoms with Crippen molar-refractivity contribution in [3.63, 3.8) is 0 Å². The molecule has 0 atom stereocenters. The molecule has 23 heavy (non-hydrogen) atoms. The number of hydrogen-bond donors (Lipinski definition) is 0. The highest BCUT2D eigenvalue weighted by Gasteiger charge is 1.94. The van der Waals surface area contributed by atoms with Gasteiger partial charge in [-0.2, -0.15) is 0 Å². The second-order valence-corrected chi connectivity index (χ2v) is 7.36. The maximum absolute atomic E-state index is 2.30. The highest BCUT2D eigenvalue weighted by atomic mass is 27.0. The summed E-state index contributed by atoms with van der Waals surface area (Å²) in [5, 5.41) is 0. The van der Waals surface area contributed by atoms with Gasteiger partial charge in [0, 0.05) is 0 Å². The summed E-state index contributed by atoms with van der Waals surface area (Å²) in [6.07, 6.45) is 29.4. The predicted octanol–water partition coefficient (Wildman–Crippen LogP) is 7.64. The fourth-order valence-electron chi connectivity index (χ4n) is 3.33. The molecule has 0 aromatic rings. The molecular formula is C22H49Al. The average Bonchev–Trinajstić information content (AvgIpc) is 2.54. The van der Waals surface area contributed by atoms with Gasteiger partial charge in [-0.05, 0) is 0 Å². The van der Waals surface area contributed by atoms with Crippen LogP contribution in [0.15, 0.2) is 0 Å². The summed E-state index contributed by atoms with van der Waals surface area (Å²) >= 11 is 0. The number of unbranched alkanes of at least 4 members (excludes halogenated alkanes) is 19. The summed E-state index contributed by atoms with van der Waals surface area (Å²) in [5.74, 6) is 0. The van der Waals surface area contributed by atoms with Crippen LogP contribution in [0.3, 0.4) is 0 Å². The van der Waals surface area contributed by atoms with E-state index in [0.29, 0.717) is 0 Å². The van der Waals surface area contributed by atoms with Crippen LogP contribution in [-0.4, -0.2) is 17.4 Å². The van der Waals surface area contributed by atoms with E-state index in [-0.39, 0.29) is 17.4 Å². The zero-order chi connectivity index (χ0) is 16.1. The molecule has 0 aromatic heterocycles. The van der Waals surface area contributed by atoms with Crippen molar-refractivity contribution < 1.29 is 0 Å². The topological polar surface area (TPSA) is 0 Å². The Morgan fingerprint density at radius 1 is 0.261 bits per heavy atom. The summed E-state index contributed by atoms with van der Waals surface area (Å²) in [7, 11) is 0. The molecule has 0 amide bonds. The van der Waals surface area contributed by atoms with Crippen LogP contribution in [0.4, 0.5) is 0 Å². The minimum Gasteiger partial charge on any atom is -0.0654 e. The van der Waals surface area contributed by atoms with Crippen LogP contribution in [0.2, 0.25) is 0 Å². The fraction of sp³-hybridized carbons (Fsp3) is 1.00. The Morgan fingerprint density at radius 2 is 0.391 bits per heavy atom. The summed E-state index contributed by atoms with van der Waals surface area (Å²) < 4.78 is 0. The van der Waals surface area contributed by atoms with Crippen molar-refractivity contribution in [2.75, 3.05) is 0 Å². The molecule has 0 aromatic carbocycles. The normalized spacial score (nSPS) is 10.7. The molecule has 1 heteroatoms. The minimum atomic E-state index is 0. The van der Waals surface area contributed by atoms with Crippen LogP contribution in [-0.2, 0) is 0 Å². The van der Waals surface area contributed by atoms with Crippen molar-refractivity contribution in [1.29, 1.82) is 0 Å². The molecule has 0 spiro atoms. The van der Waals surface area contributed by atoms with E-state index >= 15 is 0 Å². The monoisotopic (exact) mass is 340 g/mol. The number of hydrogen-bond acceptors (Lipinski definition) is 0. The molecule has 140 valence electrons. The lowest BCUT2D eigenvalue weighted by molar-refractivity contribution is 0.523. The van der Waals surface area contributed by atoms with Crippen LogP contribution in [0.1, 0.15) is 142 Å². The second-order valence-electron chi connectivity index (χ2n) is 7.36. The summed E-state index contributed by atoms with van der Waals surface area (Å²) in [5.41, 5.74) is 0. The first-order valence-electron chi connectivity index (χ1n) is 10.9. The first kappa shape index (κ1) is 25.8. The van der Waals surface area contributed by atoms with E-state index in [0.717, 1.165) is 0 Å². The zero-order valence-electron chi connectivity index (χ0n) is 16.1. The molecule has 0 nitrogen and oxygen atoms in total. The molecule has 0 aliphatic heterocycles. The maximum atomic E-state index is 2.30. The van der Waals surface area contributed by atoms with Gasteiger partial charge in [-0.25, -0.2) is 0 Å². The van der Waals surface area contributed by atoms with Gasteiger partial charge < -0.3 is 0 Å². The smallest absolute Gasteiger partial charge is 0.0654 e. The molecule has 0 N–H and O–H groups in total. The van der Waals surface area contributed by atoms with Gasteiger partial charge in [-0.15, -0.1) is 0 Å². The van der Waals surface area contributed by atoms with Gasteiger partial charge in [0.1, 0.15) is 0 Å². The highest BCUT2D eigenvalue weighted by molar-refractivity contribution is 5.75. The molecular weight excluding hydrogens is 291 g/mol. The summed E-state index contributed by atoms with van der Waals surface area (Å²) in [4.78, 5) is 0. The Morgan fingerprint density at radius 3 is 0.522 bits per heavy atom. The van der Waals surface area contributed by atoms with Crippen LogP contribution in [0.25, 0.3) is 0 Å². The third kappa shape index (κ3) is 24.9. The highest BCUT2D eigenvalue weighted by Crippen LogP contribution is 2.14. The standard InChI is InChI=1S/C22H46.Al.3H/c1-3-5-7-9-11-13-15-17-19-21-22-20-18-16-14-12-10-8-6-4-2;;;;/h3-22H2,1-2H3;;;;. The molecule has 0 bridgehead atoms. The van der Waals surface area contributed by atoms with E-state index in [1.54, 1.807) is 0 Å². The maximum Gasteiger partial charge on any atom is 0.187 e. The van der Waals surface area contributed by atoms with E-state index < -0.39 is 0 Å². The van der Waals surface area contributed by atoms with E-state index in [1.165, 1.54) is 128 Å². The Labute approximate surface area is 159 Å². The lowest BCUT2D eigenvalue weighted by Gasteiger charge is -2.03. The number of rotatable bonds is 19. The van der Waals surface area contributed by atoms with Crippen molar-refractivity contribution in [1.82, 2.24) is 0 Å². The SMILES string of the molecule is CCCCCCCCCCCCCCCCCCCCCC.[AlH3]. The average molecular weight is 341 g/mol. The van der Waals surface area contributed by atoms with Crippen molar-refractivity contribution in [3.05, 3.63) is 0 Å². The third-order valence-electron chi connectivity index (χ3n) is 4.96. The molecule has 0 rings (SSSR count). The lowest BCUT2D eigenvalue weighted by atomic mass is 10.0. The van der Waals surface area contributed by atoms with Gasteiger partial charge in [0.15, 0.2) is 17.4 Å². The van der Waals surface area contributed by atoms with Crippen molar-refractivity contribution in [2.45, 2.75) is 142 Å². The van der Waals surface area contributed by atoms with Crippen molar-refractivity contribution in [2.24, 2.45) is 0 Å². The van der Waals surface area contributed by atoms with Gasteiger partial charge in [0.2, 0.25) is 0 Å². The zero-order valence-corrected chi connectivity index (χ0v) is 16.1. The first-order valence-corrected chi connectivity index (χ1v) is 10.9. The molecule has 0 saturated carbocycles. The van der Waals surface area contributed by atoms with Gasteiger partial charge in [0.25, 0.3) is 0 Å². The van der Waals surface area contributed by atoms with E-state index in [1.807, 2.05) is 0 Å². The van der Waals surface area contributed by atoms with Crippen molar-refractivity contribution >= 4 is 17.4 Å². The quantitative estimate of drug-likeness (QED) is 0.167. The van der Waals surface area contributed by atoms with Crippen molar-refractivity contribution in [3.8, 4) is 0 Å². The predicted molar refractivity (Wildman–Crippen MR) is 114 cm³/mol. The Kier molecular flexibility index (Phi) is 27.8. The largest absolute Gasteiger partial charge is 0.187 e. The molecule has 0 aliphatic carbocycles. The van der Waals surface area contributed by atoms with Crippen LogP contribution < -0.4 is 0 Å². The molecule has 0 fully saturated rings. The van der Waals surface area contributed by atoms with Crippen LogP contribution >= 0.6 is 0 Å².